The van der Waals surface area contributed by atoms with Gasteiger partial charge in [-0.25, -0.2) is 9.97 Å². The largest absolute Gasteiger partial charge is 0.309 e. The summed E-state index contributed by atoms with van der Waals surface area (Å²) in [6, 6.07) is 7.32. The number of aromatic amines is 2. The van der Waals surface area contributed by atoms with E-state index in [1.165, 1.54) is 11.8 Å². The quantitative estimate of drug-likeness (QED) is 0.723. The SMILES string of the molecule is CC(C)c1nc(S[C@@H](C)c2nc3ccccc3c(=O)[nH]2)n[nH]1. The molecule has 7 heteroatoms. The van der Waals surface area contributed by atoms with Gasteiger partial charge in [-0.1, -0.05) is 37.7 Å². The number of para-hydroxylation sites is 1. The van der Waals surface area contributed by atoms with Crippen LogP contribution in [0.25, 0.3) is 10.9 Å². The van der Waals surface area contributed by atoms with E-state index in [0.717, 1.165) is 5.82 Å². The number of hydrogen-bond donors (Lipinski definition) is 2. The molecule has 0 bridgehead atoms. The third kappa shape index (κ3) is 2.89. The lowest BCUT2D eigenvalue weighted by atomic mass is 10.2. The maximum atomic E-state index is 12.1. The molecular weight excluding hydrogens is 298 g/mol. The molecule has 2 heterocycles. The zero-order chi connectivity index (χ0) is 15.7. The molecule has 6 nitrogen and oxygen atoms in total. The van der Waals surface area contributed by atoms with Crippen LogP contribution in [-0.4, -0.2) is 25.1 Å². The fraction of sp³-hybridized carbons (Fsp3) is 0.333. The summed E-state index contributed by atoms with van der Waals surface area (Å²) in [4.78, 5) is 23.9. The van der Waals surface area contributed by atoms with Gasteiger partial charge in [0.1, 0.15) is 11.6 Å². The Balaban J connectivity index is 1.88. The number of thioether (sulfide) groups is 1. The summed E-state index contributed by atoms with van der Waals surface area (Å²) in [6.45, 7) is 6.09. The fourth-order valence-corrected chi connectivity index (χ4v) is 2.87. The number of benzene rings is 1. The summed E-state index contributed by atoms with van der Waals surface area (Å²) in [5.74, 6) is 1.79. The van der Waals surface area contributed by atoms with E-state index in [9.17, 15) is 4.79 Å². The third-order valence-electron chi connectivity index (χ3n) is 3.33. The molecular formula is C15H17N5OS. The van der Waals surface area contributed by atoms with Crippen molar-refractivity contribution < 1.29 is 0 Å². The molecule has 2 N–H and O–H groups in total. The fourth-order valence-electron chi connectivity index (χ4n) is 2.08. The number of rotatable bonds is 4. The molecule has 0 saturated carbocycles. The monoisotopic (exact) mass is 315 g/mol. The van der Waals surface area contributed by atoms with Crippen molar-refractivity contribution in [3.63, 3.8) is 0 Å². The van der Waals surface area contributed by atoms with Crippen molar-refractivity contribution in [2.45, 2.75) is 37.1 Å². The number of aromatic nitrogens is 5. The smallest absolute Gasteiger partial charge is 0.258 e. The van der Waals surface area contributed by atoms with Gasteiger partial charge < -0.3 is 4.98 Å². The lowest BCUT2D eigenvalue weighted by Gasteiger charge is -2.08. The average molecular weight is 315 g/mol. The van der Waals surface area contributed by atoms with E-state index in [-0.39, 0.29) is 10.8 Å². The van der Waals surface area contributed by atoms with Gasteiger partial charge in [0.2, 0.25) is 5.16 Å². The molecule has 1 aromatic carbocycles. The highest BCUT2D eigenvalue weighted by molar-refractivity contribution is 7.99. The Morgan fingerprint density at radius 3 is 2.59 bits per heavy atom. The number of H-pyrrole nitrogens is 2. The summed E-state index contributed by atoms with van der Waals surface area (Å²) in [7, 11) is 0. The Morgan fingerprint density at radius 2 is 1.86 bits per heavy atom. The van der Waals surface area contributed by atoms with Gasteiger partial charge >= 0.3 is 0 Å². The number of hydrogen-bond acceptors (Lipinski definition) is 5. The van der Waals surface area contributed by atoms with Crippen LogP contribution >= 0.6 is 11.8 Å². The van der Waals surface area contributed by atoms with Crippen molar-refractivity contribution in [3.8, 4) is 0 Å². The van der Waals surface area contributed by atoms with Crippen LogP contribution in [0.1, 0.15) is 43.6 Å². The number of nitrogens with one attached hydrogen (secondary N) is 2. The van der Waals surface area contributed by atoms with Gasteiger partial charge in [-0.05, 0) is 19.1 Å². The topological polar surface area (TPSA) is 87.3 Å². The van der Waals surface area contributed by atoms with E-state index in [1.807, 2.05) is 25.1 Å². The molecule has 0 aliphatic rings. The van der Waals surface area contributed by atoms with Gasteiger partial charge in [-0.2, -0.15) is 0 Å². The Bertz CT molecular complexity index is 854. The van der Waals surface area contributed by atoms with Gasteiger partial charge in [-0.3, -0.25) is 9.89 Å². The standard InChI is InChI=1S/C15H17N5OS/c1-8(2)12-18-15(20-19-12)22-9(3)13-16-11-7-5-4-6-10(11)14(21)17-13/h4-9H,1-3H3,(H,16,17,21)(H,18,19,20)/t9-/m0/s1. The van der Waals surface area contributed by atoms with Gasteiger partial charge in [-0.15, -0.1) is 5.10 Å². The second-order valence-electron chi connectivity index (χ2n) is 5.39. The van der Waals surface area contributed by atoms with Crippen molar-refractivity contribution in [3.05, 3.63) is 46.3 Å². The van der Waals surface area contributed by atoms with Crippen LogP contribution in [-0.2, 0) is 0 Å². The zero-order valence-corrected chi connectivity index (χ0v) is 13.4. The first kappa shape index (κ1) is 14.8. The minimum atomic E-state index is -0.120. The van der Waals surface area contributed by atoms with Gasteiger partial charge in [0.15, 0.2) is 0 Å². The third-order valence-corrected chi connectivity index (χ3v) is 4.30. The molecule has 0 spiro atoms. The summed E-state index contributed by atoms with van der Waals surface area (Å²) in [5.41, 5.74) is 0.581. The zero-order valence-electron chi connectivity index (χ0n) is 12.6. The Labute approximate surface area is 131 Å². The average Bonchev–Trinajstić information content (AvgIpc) is 2.96. The van der Waals surface area contributed by atoms with E-state index in [2.05, 4.69) is 39.0 Å². The molecule has 3 rings (SSSR count). The van der Waals surface area contributed by atoms with Crippen molar-refractivity contribution in [1.29, 1.82) is 0 Å². The molecule has 0 unspecified atom stereocenters. The van der Waals surface area contributed by atoms with Gasteiger partial charge in [0.25, 0.3) is 5.56 Å². The molecule has 0 aliphatic carbocycles. The molecule has 2 aromatic heterocycles. The second kappa shape index (κ2) is 5.92. The maximum absolute atomic E-state index is 12.1. The Hall–Kier alpha value is -2.15. The predicted molar refractivity (Wildman–Crippen MR) is 87.1 cm³/mol. The molecule has 3 aromatic rings. The molecule has 0 saturated heterocycles. The number of nitrogens with zero attached hydrogens (tertiary/aromatic N) is 3. The van der Waals surface area contributed by atoms with Crippen LogP contribution in [0.15, 0.2) is 34.2 Å². The minimum Gasteiger partial charge on any atom is -0.309 e. The molecule has 114 valence electrons. The Kier molecular flexibility index (Phi) is 3.98. The molecule has 0 fully saturated rings. The van der Waals surface area contributed by atoms with E-state index >= 15 is 0 Å². The summed E-state index contributed by atoms with van der Waals surface area (Å²) >= 11 is 1.47. The van der Waals surface area contributed by atoms with Crippen molar-refractivity contribution >= 4 is 22.7 Å². The van der Waals surface area contributed by atoms with Crippen molar-refractivity contribution in [2.24, 2.45) is 0 Å². The first-order valence-electron chi connectivity index (χ1n) is 7.12. The lowest BCUT2D eigenvalue weighted by Crippen LogP contribution is -2.12. The summed E-state index contributed by atoms with van der Waals surface area (Å²) in [6.07, 6.45) is 0. The number of fused-ring (bicyclic) bond motifs is 1. The minimum absolute atomic E-state index is 0.0480. The van der Waals surface area contributed by atoms with Crippen LogP contribution in [0.4, 0.5) is 0 Å². The second-order valence-corrected chi connectivity index (χ2v) is 6.69. The van der Waals surface area contributed by atoms with Gasteiger partial charge in [0, 0.05) is 5.92 Å². The van der Waals surface area contributed by atoms with E-state index < -0.39 is 0 Å². The maximum Gasteiger partial charge on any atom is 0.258 e. The van der Waals surface area contributed by atoms with E-state index in [1.54, 1.807) is 6.07 Å². The van der Waals surface area contributed by atoms with Crippen LogP contribution in [0.5, 0.6) is 0 Å². The van der Waals surface area contributed by atoms with Gasteiger partial charge in [0.05, 0.1) is 16.2 Å². The summed E-state index contributed by atoms with van der Waals surface area (Å²) in [5, 5.41) is 8.34. The first-order chi connectivity index (χ1) is 10.5. The van der Waals surface area contributed by atoms with Crippen molar-refractivity contribution in [2.75, 3.05) is 0 Å². The van der Waals surface area contributed by atoms with Crippen LogP contribution in [0.2, 0.25) is 0 Å². The Morgan fingerprint density at radius 1 is 1.09 bits per heavy atom. The molecule has 22 heavy (non-hydrogen) atoms. The molecule has 0 aliphatic heterocycles. The first-order valence-corrected chi connectivity index (χ1v) is 8.00. The van der Waals surface area contributed by atoms with Crippen molar-refractivity contribution in [1.82, 2.24) is 25.1 Å². The van der Waals surface area contributed by atoms with Crippen LogP contribution in [0, 0.1) is 0 Å². The molecule has 0 amide bonds. The summed E-state index contributed by atoms with van der Waals surface area (Å²) < 4.78 is 0. The normalized spacial score (nSPS) is 12.9. The highest BCUT2D eigenvalue weighted by atomic mass is 32.2. The van der Waals surface area contributed by atoms with E-state index in [0.29, 0.717) is 27.8 Å². The molecule has 1 atom stereocenters. The van der Waals surface area contributed by atoms with Crippen LogP contribution in [0.3, 0.4) is 0 Å². The van der Waals surface area contributed by atoms with E-state index in [4.69, 9.17) is 0 Å². The molecule has 0 radical (unpaired) electrons. The predicted octanol–water partition coefficient (Wildman–Crippen LogP) is 3.02. The lowest BCUT2D eigenvalue weighted by molar-refractivity contribution is 0.780. The highest BCUT2D eigenvalue weighted by Gasteiger charge is 2.15. The highest BCUT2D eigenvalue weighted by Crippen LogP contribution is 2.31. The van der Waals surface area contributed by atoms with Crippen LogP contribution < -0.4 is 5.56 Å².